The minimum absolute atomic E-state index is 0.0487. The van der Waals surface area contributed by atoms with Crippen molar-refractivity contribution in [3.05, 3.63) is 27.5 Å². The van der Waals surface area contributed by atoms with Crippen LogP contribution in [0.3, 0.4) is 0 Å². The van der Waals surface area contributed by atoms with Crippen LogP contribution in [-0.4, -0.2) is 21.0 Å². The zero-order chi connectivity index (χ0) is 15.7. The van der Waals surface area contributed by atoms with Gasteiger partial charge in [-0.3, -0.25) is 0 Å². The molecular weight excluding hydrogens is 332 g/mol. The molecule has 0 heterocycles. The van der Waals surface area contributed by atoms with Crippen LogP contribution in [0.1, 0.15) is 24.2 Å². The van der Waals surface area contributed by atoms with Gasteiger partial charge in [-0.05, 0) is 12.0 Å². The largest absolute Gasteiger partial charge is 0.462 e. The Labute approximate surface area is 125 Å². The fourth-order valence-corrected chi connectivity index (χ4v) is 3.07. The predicted octanol–water partition coefficient (Wildman–Crippen LogP) is 2.59. The maximum absolute atomic E-state index is 13.6. The summed E-state index contributed by atoms with van der Waals surface area (Å²) in [6, 6.07) is 0.710. The van der Waals surface area contributed by atoms with Crippen LogP contribution >= 0.6 is 23.2 Å². The van der Waals surface area contributed by atoms with Crippen LogP contribution in [0, 0.1) is 11.7 Å². The summed E-state index contributed by atoms with van der Waals surface area (Å²) < 4.78 is 41.2. The number of halogens is 3. The Kier molecular flexibility index (Phi) is 5.37. The molecule has 9 heteroatoms. The number of hydrogen-bond donors (Lipinski definition) is 1. The second kappa shape index (κ2) is 6.26. The molecule has 0 bridgehead atoms. The van der Waals surface area contributed by atoms with Gasteiger partial charge < -0.3 is 4.74 Å². The second-order valence-corrected chi connectivity index (χ2v) is 6.65. The van der Waals surface area contributed by atoms with Crippen molar-refractivity contribution in [1.82, 2.24) is 0 Å². The summed E-state index contributed by atoms with van der Waals surface area (Å²) in [5, 5.41) is 3.57. The number of nitrogens with two attached hydrogens (primary N) is 1. The highest BCUT2D eigenvalue weighted by molar-refractivity contribution is 7.89. The molecule has 0 aliphatic heterocycles. The molecule has 20 heavy (non-hydrogen) atoms. The minimum atomic E-state index is -4.39. The first-order valence-electron chi connectivity index (χ1n) is 5.43. The Morgan fingerprint density at radius 2 is 1.95 bits per heavy atom. The molecule has 0 unspecified atom stereocenters. The second-order valence-electron chi connectivity index (χ2n) is 4.40. The molecule has 112 valence electrons. The molecule has 0 aromatic heterocycles. The van der Waals surface area contributed by atoms with Crippen LogP contribution in [0.15, 0.2) is 11.0 Å². The number of carbonyl (C=O) groups excluding carboxylic acids is 1. The number of rotatable bonds is 4. The number of primary sulfonamides is 1. The predicted molar refractivity (Wildman–Crippen MR) is 72.9 cm³/mol. The number of hydrogen-bond acceptors (Lipinski definition) is 4. The van der Waals surface area contributed by atoms with E-state index in [1.54, 1.807) is 13.8 Å². The van der Waals surface area contributed by atoms with Crippen LogP contribution in [0.5, 0.6) is 0 Å². The quantitative estimate of drug-likeness (QED) is 0.672. The fourth-order valence-electron chi connectivity index (χ4n) is 1.30. The molecule has 0 saturated carbocycles. The molecule has 0 saturated heterocycles. The van der Waals surface area contributed by atoms with Gasteiger partial charge in [0.15, 0.2) is 0 Å². The van der Waals surface area contributed by atoms with Gasteiger partial charge in [0, 0.05) is 0 Å². The Balaban J connectivity index is 3.37. The molecule has 0 radical (unpaired) electrons. The molecule has 5 nitrogen and oxygen atoms in total. The molecule has 0 aliphatic carbocycles. The highest BCUT2D eigenvalue weighted by Gasteiger charge is 2.27. The lowest BCUT2D eigenvalue weighted by molar-refractivity contribution is 0.0458. The number of esters is 1. The topological polar surface area (TPSA) is 86.5 Å². The SMILES string of the molecule is CC(C)COC(=O)c1cc(F)c(Cl)c(S(N)(=O)=O)c1Cl. The van der Waals surface area contributed by atoms with E-state index in [1.165, 1.54) is 0 Å². The van der Waals surface area contributed by atoms with Crippen molar-refractivity contribution in [3.8, 4) is 0 Å². The normalized spacial score (nSPS) is 11.8. The number of ether oxygens (including phenoxy) is 1. The van der Waals surface area contributed by atoms with Gasteiger partial charge in [0.05, 0.1) is 22.2 Å². The summed E-state index contributed by atoms with van der Waals surface area (Å²) in [7, 11) is -4.39. The zero-order valence-corrected chi connectivity index (χ0v) is 12.9. The molecule has 1 aromatic rings. The first-order chi connectivity index (χ1) is 9.05. The molecule has 0 aliphatic rings. The standard InChI is InChI=1S/C11H12Cl2FNO4S/c1-5(2)4-19-11(16)6-3-7(14)9(13)10(8(6)12)20(15,17)18/h3,5H,4H2,1-2H3,(H2,15,17,18). The van der Waals surface area contributed by atoms with Crippen molar-refractivity contribution in [2.24, 2.45) is 11.1 Å². The average Bonchev–Trinajstić information content (AvgIpc) is 2.29. The maximum Gasteiger partial charge on any atom is 0.339 e. The van der Waals surface area contributed by atoms with Crippen molar-refractivity contribution < 1.29 is 22.3 Å². The van der Waals surface area contributed by atoms with Gasteiger partial charge >= 0.3 is 5.97 Å². The lowest BCUT2D eigenvalue weighted by atomic mass is 10.2. The third-order valence-electron chi connectivity index (χ3n) is 2.17. The van der Waals surface area contributed by atoms with E-state index in [4.69, 9.17) is 33.1 Å². The lowest BCUT2D eigenvalue weighted by Crippen LogP contribution is -2.17. The molecular formula is C11H12Cl2FNO4S. The van der Waals surface area contributed by atoms with Crippen LogP contribution in [-0.2, 0) is 14.8 Å². The van der Waals surface area contributed by atoms with Crippen LogP contribution in [0.25, 0.3) is 0 Å². The summed E-state index contributed by atoms with van der Waals surface area (Å²) in [5.74, 6) is -2.03. The van der Waals surface area contributed by atoms with Gasteiger partial charge in [-0.15, -0.1) is 0 Å². The molecule has 0 spiro atoms. The van der Waals surface area contributed by atoms with Crippen molar-refractivity contribution in [3.63, 3.8) is 0 Å². The van der Waals surface area contributed by atoms with E-state index < -0.39 is 42.3 Å². The van der Waals surface area contributed by atoms with Gasteiger partial charge in [-0.1, -0.05) is 37.0 Å². The van der Waals surface area contributed by atoms with Crippen molar-refractivity contribution in [2.45, 2.75) is 18.7 Å². The Hall–Kier alpha value is -0.890. The number of benzene rings is 1. The summed E-state index contributed by atoms with van der Waals surface area (Å²) in [5.41, 5.74) is -0.446. The van der Waals surface area contributed by atoms with Crippen molar-refractivity contribution in [1.29, 1.82) is 0 Å². The first-order valence-corrected chi connectivity index (χ1v) is 7.73. The summed E-state index contributed by atoms with van der Waals surface area (Å²) in [4.78, 5) is 10.9. The van der Waals surface area contributed by atoms with Gasteiger partial charge in [-0.25, -0.2) is 22.7 Å². The number of sulfonamides is 1. The first kappa shape index (κ1) is 17.2. The van der Waals surface area contributed by atoms with E-state index in [9.17, 15) is 17.6 Å². The van der Waals surface area contributed by atoms with E-state index >= 15 is 0 Å². The van der Waals surface area contributed by atoms with E-state index in [-0.39, 0.29) is 12.5 Å². The molecule has 2 N–H and O–H groups in total. The van der Waals surface area contributed by atoms with Gasteiger partial charge in [0.25, 0.3) is 0 Å². The Bertz CT molecular complexity index is 646. The van der Waals surface area contributed by atoms with E-state index in [1.807, 2.05) is 0 Å². The van der Waals surface area contributed by atoms with Crippen molar-refractivity contribution in [2.75, 3.05) is 6.61 Å². The smallest absolute Gasteiger partial charge is 0.339 e. The lowest BCUT2D eigenvalue weighted by Gasteiger charge is -2.12. The van der Waals surface area contributed by atoms with Crippen LogP contribution < -0.4 is 5.14 Å². The van der Waals surface area contributed by atoms with Crippen LogP contribution in [0.2, 0.25) is 10.0 Å². The number of carbonyl (C=O) groups is 1. The van der Waals surface area contributed by atoms with Gasteiger partial charge in [0.2, 0.25) is 10.0 Å². The fraction of sp³-hybridized carbons (Fsp3) is 0.364. The monoisotopic (exact) mass is 343 g/mol. The molecule has 1 rings (SSSR count). The summed E-state index contributed by atoms with van der Waals surface area (Å²) in [6.45, 7) is 3.67. The third-order valence-corrected chi connectivity index (χ3v) is 4.13. The van der Waals surface area contributed by atoms with E-state index in [2.05, 4.69) is 0 Å². The highest BCUT2D eigenvalue weighted by atomic mass is 35.5. The van der Waals surface area contributed by atoms with E-state index in [0.29, 0.717) is 6.07 Å². The van der Waals surface area contributed by atoms with E-state index in [0.717, 1.165) is 0 Å². The summed E-state index contributed by atoms with van der Waals surface area (Å²) >= 11 is 11.3. The highest BCUT2D eigenvalue weighted by Crippen LogP contribution is 2.34. The average molecular weight is 344 g/mol. The molecule has 0 fully saturated rings. The Morgan fingerprint density at radius 3 is 2.40 bits per heavy atom. The zero-order valence-electron chi connectivity index (χ0n) is 10.6. The van der Waals surface area contributed by atoms with Crippen LogP contribution in [0.4, 0.5) is 4.39 Å². The molecule has 0 atom stereocenters. The minimum Gasteiger partial charge on any atom is -0.462 e. The maximum atomic E-state index is 13.6. The molecule has 0 amide bonds. The molecule has 1 aromatic carbocycles. The van der Waals surface area contributed by atoms with Gasteiger partial charge in [-0.2, -0.15) is 0 Å². The summed E-state index contributed by atoms with van der Waals surface area (Å²) in [6.07, 6.45) is 0. The van der Waals surface area contributed by atoms with Gasteiger partial charge in [0.1, 0.15) is 10.7 Å². The third kappa shape index (κ3) is 3.82. The Morgan fingerprint density at radius 1 is 1.40 bits per heavy atom. The van der Waals surface area contributed by atoms with Crippen molar-refractivity contribution >= 4 is 39.2 Å².